The molecule has 0 aromatic carbocycles. The van der Waals surface area contributed by atoms with Gasteiger partial charge in [-0.05, 0) is 12.5 Å². The Labute approximate surface area is 106 Å². The van der Waals surface area contributed by atoms with Gasteiger partial charge in [0.05, 0.1) is 6.20 Å². The van der Waals surface area contributed by atoms with Gasteiger partial charge in [0.1, 0.15) is 5.82 Å². The summed E-state index contributed by atoms with van der Waals surface area (Å²) in [5.41, 5.74) is 0. The van der Waals surface area contributed by atoms with Gasteiger partial charge in [0.15, 0.2) is 0 Å². The van der Waals surface area contributed by atoms with Gasteiger partial charge in [-0.15, -0.1) is 5.10 Å². The van der Waals surface area contributed by atoms with E-state index >= 15 is 0 Å². The molecule has 0 spiro atoms. The van der Waals surface area contributed by atoms with Crippen LogP contribution in [-0.4, -0.2) is 45.6 Å². The van der Waals surface area contributed by atoms with E-state index in [1.807, 2.05) is 35.9 Å². The smallest absolute Gasteiger partial charge is 0.226 e. The van der Waals surface area contributed by atoms with Crippen LogP contribution >= 0.6 is 0 Å². The molecule has 0 amide bonds. The van der Waals surface area contributed by atoms with Gasteiger partial charge in [0.2, 0.25) is 5.95 Å². The van der Waals surface area contributed by atoms with Crippen LogP contribution in [0.2, 0.25) is 0 Å². The van der Waals surface area contributed by atoms with Crippen LogP contribution in [0.4, 0.5) is 11.8 Å². The average molecular weight is 247 g/mol. The molecule has 7 heteroatoms. The molecule has 7 nitrogen and oxygen atoms in total. The fourth-order valence-corrected chi connectivity index (χ4v) is 1.47. The molecule has 0 saturated carbocycles. The first-order chi connectivity index (χ1) is 8.75. The largest absolute Gasteiger partial charge is 0.370 e. The second-order valence-corrected chi connectivity index (χ2v) is 4.08. The fraction of sp³-hybridized carbons (Fsp3) is 0.455. The number of aryl methyl sites for hydroxylation is 1. The number of rotatable bonds is 6. The van der Waals surface area contributed by atoms with Gasteiger partial charge in [0.25, 0.3) is 0 Å². The first-order valence-electron chi connectivity index (χ1n) is 5.84. The summed E-state index contributed by atoms with van der Waals surface area (Å²) in [5.74, 6) is 1.54. The molecule has 0 aliphatic heterocycles. The zero-order valence-corrected chi connectivity index (χ0v) is 10.6. The first-order valence-corrected chi connectivity index (χ1v) is 5.84. The first kappa shape index (κ1) is 12.3. The molecule has 2 aromatic heterocycles. The summed E-state index contributed by atoms with van der Waals surface area (Å²) in [6, 6.07) is 1.86. The minimum Gasteiger partial charge on any atom is -0.370 e. The normalized spacial score (nSPS) is 10.3. The molecular weight excluding hydrogens is 230 g/mol. The van der Waals surface area contributed by atoms with E-state index in [0.717, 1.165) is 25.3 Å². The number of nitrogens with one attached hydrogen (secondary N) is 1. The van der Waals surface area contributed by atoms with Crippen LogP contribution in [0.1, 0.15) is 6.42 Å². The van der Waals surface area contributed by atoms with Crippen molar-refractivity contribution in [2.24, 2.45) is 0 Å². The Morgan fingerprint density at radius 1 is 1.33 bits per heavy atom. The Balaban J connectivity index is 1.78. The average Bonchev–Trinajstić information content (AvgIpc) is 2.88. The maximum absolute atomic E-state index is 4.38. The minimum absolute atomic E-state index is 0.705. The Hall–Kier alpha value is -2.18. The Kier molecular flexibility index (Phi) is 4.06. The predicted molar refractivity (Wildman–Crippen MR) is 69.5 cm³/mol. The number of aromatic nitrogens is 5. The summed E-state index contributed by atoms with van der Waals surface area (Å²) in [5, 5.41) is 10.9. The maximum Gasteiger partial charge on any atom is 0.226 e. The number of hydrogen-bond acceptors (Lipinski definition) is 6. The predicted octanol–water partition coefficient (Wildman–Crippen LogP) is 0.636. The number of nitrogens with zero attached hydrogens (tertiary/aromatic N) is 6. The van der Waals surface area contributed by atoms with E-state index in [0.29, 0.717) is 5.95 Å². The van der Waals surface area contributed by atoms with Crippen LogP contribution in [0.25, 0.3) is 0 Å². The molecule has 96 valence electrons. The van der Waals surface area contributed by atoms with Crippen molar-refractivity contribution in [2.75, 3.05) is 30.9 Å². The van der Waals surface area contributed by atoms with Crippen molar-refractivity contribution in [1.29, 1.82) is 0 Å². The van der Waals surface area contributed by atoms with Crippen molar-refractivity contribution < 1.29 is 0 Å². The third-order valence-electron chi connectivity index (χ3n) is 2.38. The lowest BCUT2D eigenvalue weighted by molar-refractivity contribution is 0.569. The van der Waals surface area contributed by atoms with Crippen LogP contribution < -0.4 is 10.2 Å². The van der Waals surface area contributed by atoms with Crippen molar-refractivity contribution in [1.82, 2.24) is 25.0 Å². The molecule has 2 aromatic rings. The highest BCUT2D eigenvalue weighted by atomic mass is 15.4. The summed E-state index contributed by atoms with van der Waals surface area (Å²) in [6.07, 6.45) is 6.25. The molecule has 0 bridgehead atoms. The van der Waals surface area contributed by atoms with Gasteiger partial charge < -0.3 is 10.2 Å². The summed E-state index contributed by atoms with van der Waals surface area (Å²) in [7, 11) is 3.84. The van der Waals surface area contributed by atoms with E-state index in [2.05, 4.69) is 25.6 Å². The second kappa shape index (κ2) is 5.95. The van der Waals surface area contributed by atoms with Crippen LogP contribution in [-0.2, 0) is 6.54 Å². The molecule has 0 fully saturated rings. The summed E-state index contributed by atoms with van der Waals surface area (Å²) >= 11 is 0. The Morgan fingerprint density at radius 3 is 2.94 bits per heavy atom. The topological polar surface area (TPSA) is 71.8 Å². The molecule has 0 aliphatic carbocycles. The second-order valence-electron chi connectivity index (χ2n) is 4.08. The molecular formula is C11H17N7. The highest BCUT2D eigenvalue weighted by Gasteiger charge is 2.00. The summed E-state index contributed by atoms with van der Waals surface area (Å²) in [4.78, 5) is 10.4. The van der Waals surface area contributed by atoms with Crippen LogP contribution in [0.5, 0.6) is 0 Å². The number of anilines is 2. The fourth-order valence-electron chi connectivity index (χ4n) is 1.47. The van der Waals surface area contributed by atoms with E-state index in [-0.39, 0.29) is 0 Å². The molecule has 18 heavy (non-hydrogen) atoms. The third-order valence-corrected chi connectivity index (χ3v) is 2.38. The van der Waals surface area contributed by atoms with Crippen molar-refractivity contribution >= 4 is 11.8 Å². The molecule has 2 rings (SSSR count). The Bertz CT molecular complexity index is 466. The lowest BCUT2D eigenvalue weighted by atomic mass is 10.4. The van der Waals surface area contributed by atoms with Crippen molar-refractivity contribution in [3.8, 4) is 0 Å². The van der Waals surface area contributed by atoms with Crippen molar-refractivity contribution in [2.45, 2.75) is 13.0 Å². The van der Waals surface area contributed by atoms with Crippen LogP contribution in [0.3, 0.4) is 0 Å². The molecule has 0 unspecified atom stereocenters. The highest BCUT2D eigenvalue weighted by molar-refractivity contribution is 5.40. The molecule has 0 atom stereocenters. The van der Waals surface area contributed by atoms with Gasteiger partial charge in [-0.1, -0.05) is 5.21 Å². The van der Waals surface area contributed by atoms with Crippen molar-refractivity contribution in [3.63, 3.8) is 0 Å². The van der Waals surface area contributed by atoms with Gasteiger partial charge in [-0.25, -0.2) is 4.98 Å². The van der Waals surface area contributed by atoms with Crippen LogP contribution in [0.15, 0.2) is 24.7 Å². The molecule has 0 saturated heterocycles. The zero-order valence-electron chi connectivity index (χ0n) is 10.6. The molecule has 0 radical (unpaired) electrons. The van der Waals surface area contributed by atoms with E-state index in [1.54, 1.807) is 12.4 Å². The molecule has 1 N–H and O–H groups in total. The van der Waals surface area contributed by atoms with Crippen molar-refractivity contribution in [3.05, 3.63) is 24.7 Å². The summed E-state index contributed by atoms with van der Waals surface area (Å²) in [6.45, 7) is 1.68. The minimum atomic E-state index is 0.705. The van der Waals surface area contributed by atoms with Gasteiger partial charge in [0, 0.05) is 39.6 Å². The van der Waals surface area contributed by atoms with E-state index in [4.69, 9.17) is 0 Å². The Morgan fingerprint density at radius 2 is 2.22 bits per heavy atom. The van der Waals surface area contributed by atoms with Gasteiger partial charge >= 0.3 is 0 Å². The lowest BCUT2D eigenvalue weighted by Crippen LogP contribution is -2.14. The van der Waals surface area contributed by atoms with Gasteiger partial charge in [-0.3, -0.25) is 4.68 Å². The zero-order chi connectivity index (χ0) is 12.8. The molecule has 2 heterocycles. The standard InChI is InChI=1S/C11H17N7/c1-17(2)11-13-6-4-10(15-11)12-5-3-8-18-9-7-14-16-18/h4,6-7,9H,3,5,8H2,1-2H3,(H,12,13,15). The SMILES string of the molecule is CN(C)c1nccc(NCCCn2ccnn2)n1. The monoisotopic (exact) mass is 247 g/mol. The maximum atomic E-state index is 4.38. The highest BCUT2D eigenvalue weighted by Crippen LogP contribution is 2.07. The third kappa shape index (κ3) is 3.41. The lowest BCUT2D eigenvalue weighted by Gasteiger charge is -2.11. The molecule has 0 aliphatic rings. The summed E-state index contributed by atoms with van der Waals surface area (Å²) < 4.78 is 1.81. The van der Waals surface area contributed by atoms with Crippen LogP contribution in [0, 0.1) is 0 Å². The van der Waals surface area contributed by atoms with Gasteiger partial charge in [-0.2, -0.15) is 4.98 Å². The van der Waals surface area contributed by atoms with E-state index < -0.39 is 0 Å². The quantitative estimate of drug-likeness (QED) is 0.755. The number of hydrogen-bond donors (Lipinski definition) is 1. The van der Waals surface area contributed by atoms with E-state index in [1.165, 1.54) is 0 Å². The van der Waals surface area contributed by atoms with E-state index in [9.17, 15) is 0 Å².